The van der Waals surface area contributed by atoms with Gasteiger partial charge in [-0.3, -0.25) is 4.79 Å². The van der Waals surface area contributed by atoms with Gasteiger partial charge in [0.05, 0.1) is 42.6 Å². The number of amides is 1. The van der Waals surface area contributed by atoms with Crippen LogP contribution in [0.2, 0.25) is 0 Å². The van der Waals surface area contributed by atoms with E-state index in [2.05, 4.69) is 15.4 Å². The fourth-order valence-corrected chi connectivity index (χ4v) is 1.87. The molecule has 2 aromatic rings. The van der Waals surface area contributed by atoms with E-state index < -0.39 is 0 Å². The molecule has 0 aliphatic rings. The van der Waals surface area contributed by atoms with E-state index in [0.717, 1.165) is 5.69 Å². The minimum absolute atomic E-state index is 0.154. The summed E-state index contributed by atoms with van der Waals surface area (Å²) < 4.78 is 8.53. The van der Waals surface area contributed by atoms with Crippen molar-refractivity contribution in [2.45, 2.75) is 26.8 Å². The number of aromatic nitrogens is 4. The van der Waals surface area contributed by atoms with Crippen LogP contribution >= 0.6 is 0 Å². The second kappa shape index (κ2) is 7.00. The van der Waals surface area contributed by atoms with Crippen LogP contribution in [0.5, 0.6) is 0 Å². The smallest absolute Gasteiger partial charge is 0.254 e. The minimum atomic E-state index is -0.233. The van der Waals surface area contributed by atoms with Gasteiger partial charge in [0.2, 0.25) is 0 Å². The highest BCUT2D eigenvalue weighted by Gasteiger charge is 2.12. The van der Waals surface area contributed by atoms with Gasteiger partial charge in [-0.15, -0.1) is 0 Å². The average molecular weight is 293 g/mol. The van der Waals surface area contributed by atoms with Gasteiger partial charge in [0.1, 0.15) is 6.73 Å². The molecule has 2 aromatic heterocycles. The van der Waals surface area contributed by atoms with Gasteiger partial charge in [-0.1, -0.05) is 0 Å². The summed E-state index contributed by atoms with van der Waals surface area (Å²) >= 11 is 0. The molecule has 114 valence electrons. The number of hydrogen-bond donors (Lipinski definition) is 2. The van der Waals surface area contributed by atoms with Crippen LogP contribution in [0.25, 0.3) is 0 Å². The molecule has 21 heavy (non-hydrogen) atoms. The molecule has 0 fully saturated rings. The zero-order valence-corrected chi connectivity index (χ0v) is 12.1. The monoisotopic (exact) mass is 293 g/mol. The van der Waals surface area contributed by atoms with E-state index >= 15 is 0 Å². The van der Waals surface area contributed by atoms with Gasteiger partial charge in [0, 0.05) is 19.9 Å². The Balaban J connectivity index is 1.95. The maximum atomic E-state index is 12.0. The van der Waals surface area contributed by atoms with Crippen LogP contribution in [0.1, 0.15) is 28.7 Å². The highest BCUT2D eigenvalue weighted by atomic mass is 16.5. The van der Waals surface area contributed by atoms with Crippen molar-refractivity contribution in [2.24, 2.45) is 7.05 Å². The quantitative estimate of drug-likeness (QED) is 0.751. The third kappa shape index (κ3) is 3.67. The zero-order valence-electron chi connectivity index (χ0n) is 12.1. The van der Waals surface area contributed by atoms with Gasteiger partial charge >= 0.3 is 0 Å². The molecule has 2 rings (SSSR count). The zero-order chi connectivity index (χ0) is 15.2. The van der Waals surface area contributed by atoms with Gasteiger partial charge in [-0.2, -0.15) is 5.10 Å². The second-order valence-corrected chi connectivity index (χ2v) is 4.48. The molecule has 0 spiro atoms. The van der Waals surface area contributed by atoms with Crippen molar-refractivity contribution < 1.29 is 14.6 Å². The largest absolute Gasteiger partial charge is 0.390 e. The molecule has 0 saturated heterocycles. The number of carbonyl (C=O) groups is 1. The predicted molar refractivity (Wildman–Crippen MR) is 74.2 cm³/mol. The normalized spacial score (nSPS) is 10.8. The van der Waals surface area contributed by atoms with Crippen molar-refractivity contribution in [3.8, 4) is 0 Å². The molecule has 8 nitrogen and oxygen atoms in total. The number of nitrogens with one attached hydrogen (secondary N) is 1. The first-order valence-electron chi connectivity index (χ1n) is 6.64. The highest BCUT2D eigenvalue weighted by Crippen LogP contribution is 2.06. The molecule has 0 atom stereocenters. The van der Waals surface area contributed by atoms with Crippen LogP contribution in [-0.2, 0) is 31.7 Å². The van der Waals surface area contributed by atoms with Gasteiger partial charge in [-0.05, 0) is 6.92 Å². The summed E-state index contributed by atoms with van der Waals surface area (Å²) in [5, 5.41) is 16.0. The Morgan fingerprint density at radius 3 is 3.05 bits per heavy atom. The number of aliphatic hydroxyl groups is 1. The topological polar surface area (TPSA) is 94.2 Å². The fraction of sp³-hybridized carbons (Fsp3) is 0.462. The first-order valence-corrected chi connectivity index (χ1v) is 6.64. The number of ether oxygens (including phenoxy) is 1. The van der Waals surface area contributed by atoms with Gasteiger partial charge < -0.3 is 19.7 Å². The Kier molecular flexibility index (Phi) is 5.07. The van der Waals surface area contributed by atoms with Gasteiger partial charge in [0.15, 0.2) is 0 Å². The molecule has 8 heteroatoms. The number of imidazole rings is 1. The van der Waals surface area contributed by atoms with E-state index in [4.69, 9.17) is 4.74 Å². The van der Waals surface area contributed by atoms with E-state index in [1.165, 1.54) is 6.20 Å². The summed E-state index contributed by atoms with van der Waals surface area (Å²) in [7, 11) is 1.81. The summed E-state index contributed by atoms with van der Waals surface area (Å²) in [4.78, 5) is 16.1. The molecule has 0 aromatic carbocycles. The van der Waals surface area contributed by atoms with Crippen molar-refractivity contribution in [3.05, 3.63) is 35.7 Å². The summed E-state index contributed by atoms with van der Waals surface area (Å²) in [6.07, 6.45) is 4.72. The van der Waals surface area contributed by atoms with Gasteiger partial charge in [0.25, 0.3) is 5.91 Å². The SMILES string of the molecule is CCOCn1cc(C(=O)NCc2c(CO)ncn2C)cn1. The third-order valence-electron chi connectivity index (χ3n) is 3.03. The second-order valence-electron chi connectivity index (χ2n) is 4.48. The molecule has 0 aliphatic heterocycles. The van der Waals surface area contributed by atoms with Crippen LogP contribution in [0.4, 0.5) is 0 Å². The lowest BCUT2D eigenvalue weighted by atomic mass is 10.3. The van der Waals surface area contributed by atoms with Crippen molar-refractivity contribution in [3.63, 3.8) is 0 Å². The summed E-state index contributed by atoms with van der Waals surface area (Å²) in [6.45, 7) is 2.94. The third-order valence-corrected chi connectivity index (χ3v) is 3.03. The molecule has 0 unspecified atom stereocenters. The van der Waals surface area contributed by atoms with Crippen molar-refractivity contribution >= 4 is 5.91 Å². The van der Waals surface area contributed by atoms with Crippen LogP contribution < -0.4 is 5.32 Å². The van der Waals surface area contributed by atoms with Crippen molar-refractivity contribution in [1.82, 2.24) is 24.6 Å². The van der Waals surface area contributed by atoms with Crippen LogP contribution in [0.15, 0.2) is 18.7 Å². The average Bonchev–Trinajstić information content (AvgIpc) is 3.09. The Hall–Kier alpha value is -2.19. The fourth-order valence-electron chi connectivity index (χ4n) is 1.87. The summed E-state index contributed by atoms with van der Waals surface area (Å²) in [6, 6.07) is 0. The first kappa shape index (κ1) is 15.2. The van der Waals surface area contributed by atoms with E-state index in [9.17, 15) is 9.90 Å². The van der Waals surface area contributed by atoms with E-state index in [-0.39, 0.29) is 12.5 Å². The lowest BCUT2D eigenvalue weighted by Gasteiger charge is -2.06. The molecule has 0 aliphatic carbocycles. The van der Waals surface area contributed by atoms with E-state index in [1.807, 2.05) is 14.0 Å². The molecular formula is C13H19N5O3. The van der Waals surface area contributed by atoms with Crippen LogP contribution in [0.3, 0.4) is 0 Å². The van der Waals surface area contributed by atoms with E-state index in [0.29, 0.717) is 31.1 Å². The number of nitrogens with zero attached hydrogens (tertiary/aromatic N) is 4. The lowest BCUT2D eigenvalue weighted by Crippen LogP contribution is -2.24. The number of aliphatic hydroxyl groups excluding tert-OH is 1. The van der Waals surface area contributed by atoms with Crippen molar-refractivity contribution in [1.29, 1.82) is 0 Å². The van der Waals surface area contributed by atoms with Crippen LogP contribution in [0, 0.1) is 0 Å². The summed E-state index contributed by atoms with van der Waals surface area (Å²) in [5.41, 5.74) is 1.79. The maximum absolute atomic E-state index is 12.0. The van der Waals surface area contributed by atoms with Crippen LogP contribution in [-0.4, -0.2) is 37.0 Å². The molecule has 2 N–H and O–H groups in total. The Bertz CT molecular complexity index is 605. The Morgan fingerprint density at radius 1 is 1.52 bits per heavy atom. The number of rotatable bonds is 7. The minimum Gasteiger partial charge on any atom is -0.390 e. The lowest BCUT2D eigenvalue weighted by molar-refractivity contribution is 0.0790. The highest BCUT2D eigenvalue weighted by molar-refractivity contribution is 5.93. The molecule has 1 amide bonds. The standard InChI is InChI=1S/C13H19N5O3/c1-3-21-9-18-6-10(4-16-18)13(20)14-5-12-11(7-19)15-8-17(12)2/h4,6,8,19H,3,5,7,9H2,1-2H3,(H,14,20). The van der Waals surface area contributed by atoms with Gasteiger partial charge in [-0.25, -0.2) is 9.67 Å². The Morgan fingerprint density at radius 2 is 2.33 bits per heavy atom. The molecule has 0 bridgehead atoms. The first-order chi connectivity index (χ1) is 10.2. The predicted octanol–water partition coefficient (Wildman–Crippen LogP) is 0.0329. The maximum Gasteiger partial charge on any atom is 0.254 e. The molecule has 0 radical (unpaired) electrons. The summed E-state index contributed by atoms with van der Waals surface area (Å²) in [5.74, 6) is -0.233. The number of carbonyl (C=O) groups excluding carboxylic acids is 1. The molecule has 0 saturated carbocycles. The van der Waals surface area contributed by atoms with Crippen molar-refractivity contribution in [2.75, 3.05) is 6.61 Å². The Labute approximate surface area is 122 Å². The van der Waals surface area contributed by atoms with E-state index in [1.54, 1.807) is 21.8 Å². The number of aryl methyl sites for hydroxylation is 1. The molecule has 2 heterocycles. The molecular weight excluding hydrogens is 274 g/mol. The number of hydrogen-bond acceptors (Lipinski definition) is 5.